The van der Waals surface area contributed by atoms with Crippen LogP contribution >= 0.6 is 0 Å². The maximum absolute atomic E-state index is 12.0. The Labute approximate surface area is 111 Å². The minimum Gasteiger partial charge on any atom is -0.259 e. The first-order valence-electron chi connectivity index (χ1n) is 6.03. The van der Waals surface area contributed by atoms with Gasteiger partial charge >= 0.3 is 0 Å². The van der Waals surface area contributed by atoms with E-state index in [9.17, 15) is 4.21 Å². The van der Waals surface area contributed by atoms with Crippen molar-refractivity contribution < 1.29 is 4.21 Å². The van der Waals surface area contributed by atoms with Crippen LogP contribution in [0.15, 0.2) is 48.5 Å². The van der Waals surface area contributed by atoms with E-state index in [1.54, 1.807) is 6.26 Å². The molecule has 2 aromatic carbocycles. The van der Waals surface area contributed by atoms with Crippen LogP contribution in [-0.4, -0.2) is 10.5 Å². The van der Waals surface area contributed by atoms with Gasteiger partial charge in [-0.1, -0.05) is 59.7 Å². The highest BCUT2D eigenvalue weighted by atomic mass is 32.2. The van der Waals surface area contributed by atoms with Crippen LogP contribution in [0.3, 0.4) is 0 Å². The van der Waals surface area contributed by atoms with Gasteiger partial charge in [0.15, 0.2) is 0 Å². The number of aryl methyl sites for hydroxylation is 2. The van der Waals surface area contributed by atoms with Crippen molar-refractivity contribution in [3.63, 3.8) is 0 Å². The zero-order chi connectivity index (χ0) is 13.1. The van der Waals surface area contributed by atoms with Crippen LogP contribution in [0.5, 0.6) is 0 Å². The molecule has 0 aliphatic rings. The molecule has 0 radical (unpaired) electrons. The molecular weight excluding hydrogens is 240 g/mol. The minimum atomic E-state index is -0.919. The Bertz CT molecular complexity index is 495. The summed E-state index contributed by atoms with van der Waals surface area (Å²) in [6.07, 6.45) is 1.77. The summed E-state index contributed by atoms with van der Waals surface area (Å²) in [5.41, 5.74) is 4.68. The van der Waals surface area contributed by atoms with Gasteiger partial charge in [-0.15, -0.1) is 0 Å². The molecule has 1 atom stereocenters. The molecule has 0 bridgehead atoms. The number of hydrogen-bond donors (Lipinski definition) is 0. The largest absolute Gasteiger partial charge is 0.259 e. The van der Waals surface area contributed by atoms with E-state index in [2.05, 4.69) is 62.4 Å². The van der Waals surface area contributed by atoms with E-state index in [1.807, 2.05) is 0 Å². The lowest BCUT2D eigenvalue weighted by atomic mass is 10.0. The summed E-state index contributed by atoms with van der Waals surface area (Å²) < 4.78 is 12.0. The van der Waals surface area contributed by atoms with Crippen LogP contribution < -0.4 is 0 Å². The van der Waals surface area contributed by atoms with Crippen LogP contribution in [0.2, 0.25) is 0 Å². The summed E-state index contributed by atoms with van der Waals surface area (Å²) in [6.45, 7) is 4.13. The quantitative estimate of drug-likeness (QED) is 0.819. The van der Waals surface area contributed by atoms with Crippen molar-refractivity contribution in [2.75, 3.05) is 6.26 Å². The van der Waals surface area contributed by atoms with E-state index in [0.717, 1.165) is 11.1 Å². The Balaban J connectivity index is 2.43. The van der Waals surface area contributed by atoms with Crippen molar-refractivity contribution in [1.29, 1.82) is 0 Å². The fourth-order valence-electron chi connectivity index (χ4n) is 2.06. The van der Waals surface area contributed by atoms with Gasteiger partial charge in [-0.3, -0.25) is 4.21 Å². The molecule has 18 heavy (non-hydrogen) atoms. The summed E-state index contributed by atoms with van der Waals surface area (Å²) in [7, 11) is -0.919. The van der Waals surface area contributed by atoms with Gasteiger partial charge in [-0.2, -0.15) is 0 Å². The summed E-state index contributed by atoms with van der Waals surface area (Å²) in [5.74, 6) is 0. The molecule has 0 amide bonds. The molecule has 2 rings (SSSR count). The highest BCUT2D eigenvalue weighted by Gasteiger charge is 2.17. The van der Waals surface area contributed by atoms with Gasteiger partial charge in [0.2, 0.25) is 0 Å². The third-order valence-corrected chi connectivity index (χ3v) is 4.30. The molecule has 0 spiro atoms. The zero-order valence-electron chi connectivity index (χ0n) is 11.0. The molecule has 0 fully saturated rings. The summed E-state index contributed by atoms with van der Waals surface area (Å²) in [5, 5.41) is -0.0359. The summed E-state index contributed by atoms with van der Waals surface area (Å²) >= 11 is 0. The lowest BCUT2D eigenvalue weighted by Gasteiger charge is -2.16. The molecule has 2 heteroatoms. The number of rotatable bonds is 3. The average Bonchev–Trinajstić information content (AvgIpc) is 2.34. The predicted molar refractivity (Wildman–Crippen MR) is 78.3 cm³/mol. The van der Waals surface area contributed by atoms with E-state index in [-0.39, 0.29) is 5.25 Å². The SMILES string of the molecule is Cc1ccc(C(c2ccc(C)cc2)[S@@](C)=O)cc1. The minimum absolute atomic E-state index is 0.0359. The second-order valence-corrected chi connectivity index (χ2v) is 6.17. The molecule has 2 aromatic rings. The van der Waals surface area contributed by atoms with E-state index in [4.69, 9.17) is 0 Å². The molecular formula is C16H18OS. The lowest BCUT2D eigenvalue weighted by Crippen LogP contribution is -2.07. The maximum atomic E-state index is 12.0. The number of benzene rings is 2. The van der Waals surface area contributed by atoms with E-state index >= 15 is 0 Å². The molecule has 0 aliphatic heterocycles. The number of hydrogen-bond acceptors (Lipinski definition) is 1. The van der Waals surface area contributed by atoms with Gasteiger partial charge in [0.25, 0.3) is 0 Å². The normalized spacial score (nSPS) is 12.7. The van der Waals surface area contributed by atoms with Gasteiger partial charge in [-0.05, 0) is 25.0 Å². The van der Waals surface area contributed by atoms with Crippen molar-refractivity contribution in [3.05, 3.63) is 70.8 Å². The summed E-state index contributed by atoms with van der Waals surface area (Å²) in [4.78, 5) is 0. The maximum Gasteiger partial charge on any atom is 0.0843 e. The van der Waals surface area contributed by atoms with Crippen LogP contribution in [-0.2, 0) is 10.8 Å². The Morgan fingerprint density at radius 3 is 1.39 bits per heavy atom. The average molecular weight is 258 g/mol. The third-order valence-electron chi connectivity index (χ3n) is 3.09. The molecule has 0 unspecified atom stereocenters. The van der Waals surface area contributed by atoms with Gasteiger partial charge < -0.3 is 0 Å². The Hall–Kier alpha value is -1.41. The molecule has 94 valence electrons. The van der Waals surface area contributed by atoms with Gasteiger partial charge in [0.1, 0.15) is 0 Å². The van der Waals surface area contributed by atoms with Crippen molar-refractivity contribution in [2.24, 2.45) is 0 Å². The molecule has 1 nitrogen and oxygen atoms in total. The summed E-state index contributed by atoms with van der Waals surface area (Å²) in [6, 6.07) is 16.6. The van der Waals surface area contributed by atoms with Crippen LogP contribution in [0, 0.1) is 13.8 Å². The van der Waals surface area contributed by atoms with Crippen LogP contribution in [0.1, 0.15) is 27.5 Å². The van der Waals surface area contributed by atoms with E-state index in [1.165, 1.54) is 11.1 Å². The standard InChI is InChI=1S/C16H18OS/c1-12-4-8-14(9-5-12)16(18(3)17)15-10-6-13(2)7-11-15/h4-11,16H,1-3H3/t18-/m1/s1. The van der Waals surface area contributed by atoms with E-state index in [0.29, 0.717) is 0 Å². The highest BCUT2D eigenvalue weighted by Crippen LogP contribution is 2.27. The molecule has 0 aromatic heterocycles. The highest BCUT2D eigenvalue weighted by molar-refractivity contribution is 7.84. The lowest BCUT2D eigenvalue weighted by molar-refractivity contribution is 0.682. The third kappa shape index (κ3) is 2.88. The predicted octanol–water partition coefficient (Wildman–Crippen LogP) is 3.77. The van der Waals surface area contributed by atoms with E-state index < -0.39 is 10.8 Å². The first kappa shape index (κ1) is 13.0. The molecule has 0 saturated heterocycles. The van der Waals surface area contributed by atoms with Crippen molar-refractivity contribution in [2.45, 2.75) is 19.1 Å². The first-order valence-corrected chi connectivity index (χ1v) is 7.65. The topological polar surface area (TPSA) is 17.1 Å². The Morgan fingerprint density at radius 1 is 0.778 bits per heavy atom. The Morgan fingerprint density at radius 2 is 1.11 bits per heavy atom. The molecule has 0 saturated carbocycles. The molecule has 0 N–H and O–H groups in total. The van der Waals surface area contributed by atoms with Crippen molar-refractivity contribution in [1.82, 2.24) is 0 Å². The second-order valence-electron chi connectivity index (χ2n) is 4.70. The van der Waals surface area contributed by atoms with Gasteiger partial charge in [0, 0.05) is 17.1 Å². The van der Waals surface area contributed by atoms with Gasteiger partial charge in [-0.25, -0.2) is 0 Å². The van der Waals surface area contributed by atoms with Crippen molar-refractivity contribution >= 4 is 10.8 Å². The molecule has 0 heterocycles. The van der Waals surface area contributed by atoms with Crippen LogP contribution in [0.25, 0.3) is 0 Å². The fourth-order valence-corrected chi connectivity index (χ4v) is 3.14. The van der Waals surface area contributed by atoms with Crippen LogP contribution in [0.4, 0.5) is 0 Å². The first-order chi connectivity index (χ1) is 8.58. The smallest absolute Gasteiger partial charge is 0.0843 e. The monoisotopic (exact) mass is 258 g/mol. The fraction of sp³-hybridized carbons (Fsp3) is 0.250. The second kappa shape index (κ2) is 5.49. The zero-order valence-corrected chi connectivity index (χ0v) is 11.8. The molecule has 0 aliphatic carbocycles. The van der Waals surface area contributed by atoms with Gasteiger partial charge in [0.05, 0.1) is 5.25 Å². The Kier molecular flexibility index (Phi) is 3.97. The van der Waals surface area contributed by atoms with Crippen molar-refractivity contribution in [3.8, 4) is 0 Å².